The van der Waals surface area contributed by atoms with Gasteiger partial charge in [0.1, 0.15) is 6.29 Å². The third-order valence-electron chi connectivity index (χ3n) is 1.15. The first-order valence-corrected chi connectivity index (χ1v) is 2.87. The van der Waals surface area contributed by atoms with Gasteiger partial charge in [0.2, 0.25) is 0 Å². The Bertz CT molecular complexity index is 109. The highest BCUT2D eigenvalue weighted by molar-refractivity contribution is 5.71. The Labute approximate surface area is 53.7 Å². The molecule has 52 valence electrons. The molecule has 0 aromatic heterocycles. The van der Waals surface area contributed by atoms with Gasteiger partial charge in [0, 0.05) is 5.92 Å². The SMILES string of the molecule is CC[C@H](C=O)CC(=O)O. The predicted octanol–water partition coefficient (Wildman–Crippen LogP) is 0.686. The lowest BCUT2D eigenvalue weighted by Crippen LogP contribution is -2.07. The van der Waals surface area contributed by atoms with Crippen molar-refractivity contribution in [3.05, 3.63) is 0 Å². The summed E-state index contributed by atoms with van der Waals surface area (Å²) in [6.45, 7) is 1.79. The lowest BCUT2D eigenvalue weighted by atomic mass is 10.1. The number of rotatable bonds is 4. The molecule has 0 spiro atoms. The monoisotopic (exact) mass is 130 g/mol. The van der Waals surface area contributed by atoms with E-state index in [1.54, 1.807) is 6.92 Å². The molecule has 0 aromatic carbocycles. The average molecular weight is 130 g/mol. The lowest BCUT2D eigenvalue weighted by Gasteiger charge is -1.99. The summed E-state index contributed by atoms with van der Waals surface area (Å²) >= 11 is 0. The van der Waals surface area contributed by atoms with E-state index < -0.39 is 5.97 Å². The van der Waals surface area contributed by atoms with Crippen LogP contribution in [0.3, 0.4) is 0 Å². The van der Waals surface area contributed by atoms with Gasteiger partial charge in [-0.2, -0.15) is 0 Å². The second kappa shape index (κ2) is 4.06. The Morgan fingerprint density at radius 1 is 1.78 bits per heavy atom. The summed E-state index contributed by atoms with van der Waals surface area (Å²) in [6, 6.07) is 0. The Kier molecular flexibility index (Phi) is 3.67. The lowest BCUT2D eigenvalue weighted by molar-refractivity contribution is -0.139. The van der Waals surface area contributed by atoms with E-state index in [0.717, 1.165) is 0 Å². The molecule has 0 heterocycles. The minimum atomic E-state index is -0.908. The summed E-state index contributed by atoms with van der Waals surface area (Å²) in [5.74, 6) is -1.21. The van der Waals surface area contributed by atoms with Crippen LogP contribution in [-0.4, -0.2) is 17.4 Å². The number of carboxylic acid groups (broad SMARTS) is 1. The van der Waals surface area contributed by atoms with Crippen LogP contribution in [0.4, 0.5) is 0 Å². The van der Waals surface area contributed by atoms with Crippen LogP contribution in [0.1, 0.15) is 19.8 Å². The van der Waals surface area contributed by atoms with Gasteiger partial charge in [-0.1, -0.05) is 6.92 Å². The normalized spacial score (nSPS) is 12.6. The second-order valence-electron chi connectivity index (χ2n) is 1.90. The Morgan fingerprint density at radius 3 is 2.44 bits per heavy atom. The van der Waals surface area contributed by atoms with Crippen molar-refractivity contribution in [3.63, 3.8) is 0 Å². The first kappa shape index (κ1) is 8.14. The van der Waals surface area contributed by atoms with Crippen molar-refractivity contribution in [2.75, 3.05) is 0 Å². The van der Waals surface area contributed by atoms with Crippen molar-refractivity contribution in [2.45, 2.75) is 19.8 Å². The maximum atomic E-state index is 10.0. The Hall–Kier alpha value is -0.860. The third kappa shape index (κ3) is 3.70. The quantitative estimate of drug-likeness (QED) is 0.569. The second-order valence-corrected chi connectivity index (χ2v) is 1.90. The fourth-order valence-electron chi connectivity index (χ4n) is 0.513. The molecule has 0 saturated heterocycles. The molecule has 0 radical (unpaired) electrons. The Balaban J connectivity index is 3.55. The zero-order valence-corrected chi connectivity index (χ0v) is 5.33. The van der Waals surface area contributed by atoms with Crippen LogP contribution in [-0.2, 0) is 9.59 Å². The number of hydrogen-bond acceptors (Lipinski definition) is 2. The van der Waals surface area contributed by atoms with E-state index in [4.69, 9.17) is 5.11 Å². The van der Waals surface area contributed by atoms with Crippen molar-refractivity contribution in [3.8, 4) is 0 Å². The zero-order chi connectivity index (χ0) is 7.28. The van der Waals surface area contributed by atoms with Crippen LogP contribution in [0.25, 0.3) is 0 Å². The molecule has 0 aliphatic heterocycles. The van der Waals surface area contributed by atoms with Gasteiger partial charge in [-0.05, 0) is 6.42 Å². The highest BCUT2D eigenvalue weighted by atomic mass is 16.4. The first-order chi connectivity index (χ1) is 4.20. The van der Waals surface area contributed by atoms with Gasteiger partial charge in [-0.25, -0.2) is 0 Å². The van der Waals surface area contributed by atoms with Gasteiger partial charge >= 0.3 is 5.97 Å². The minimum absolute atomic E-state index is 0.0417. The molecule has 0 unspecified atom stereocenters. The van der Waals surface area contributed by atoms with E-state index in [2.05, 4.69) is 0 Å². The molecule has 0 aliphatic carbocycles. The number of hydrogen-bond donors (Lipinski definition) is 1. The summed E-state index contributed by atoms with van der Waals surface area (Å²) in [5, 5.41) is 8.19. The fraction of sp³-hybridized carbons (Fsp3) is 0.667. The molecule has 0 aromatic rings. The summed E-state index contributed by atoms with van der Waals surface area (Å²) in [4.78, 5) is 20.0. The van der Waals surface area contributed by atoms with E-state index in [9.17, 15) is 9.59 Å². The molecule has 0 fully saturated rings. The molecule has 3 nitrogen and oxygen atoms in total. The highest BCUT2D eigenvalue weighted by Crippen LogP contribution is 2.02. The third-order valence-corrected chi connectivity index (χ3v) is 1.15. The van der Waals surface area contributed by atoms with Crippen LogP contribution in [0.2, 0.25) is 0 Å². The standard InChI is InChI=1S/C6H10O3/c1-2-5(4-7)3-6(8)9/h4-5H,2-3H2,1H3,(H,8,9)/t5-/m0/s1. The van der Waals surface area contributed by atoms with Crippen molar-refractivity contribution in [1.82, 2.24) is 0 Å². The molecule has 0 amide bonds. The van der Waals surface area contributed by atoms with Gasteiger partial charge in [0.15, 0.2) is 0 Å². The number of carbonyl (C=O) groups is 2. The van der Waals surface area contributed by atoms with E-state index in [-0.39, 0.29) is 12.3 Å². The Morgan fingerprint density at radius 2 is 2.33 bits per heavy atom. The van der Waals surface area contributed by atoms with Crippen molar-refractivity contribution < 1.29 is 14.7 Å². The molecular weight excluding hydrogens is 120 g/mol. The van der Waals surface area contributed by atoms with Crippen LogP contribution in [0.15, 0.2) is 0 Å². The predicted molar refractivity (Wildman–Crippen MR) is 32.1 cm³/mol. The zero-order valence-electron chi connectivity index (χ0n) is 5.33. The molecule has 0 bridgehead atoms. The minimum Gasteiger partial charge on any atom is -0.481 e. The van der Waals surface area contributed by atoms with E-state index in [0.29, 0.717) is 12.7 Å². The van der Waals surface area contributed by atoms with Crippen LogP contribution in [0.5, 0.6) is 0 Å². The molecule has 0 saturated carbocycles. The molecule has 1 atom stereocenters. The van der Waals surface area contributed by atoms with Crippen molar-refractivity contribution in [2.24, 2.45) is 5.92 Å². The van der Waals surface area contributed by atoms with Crippen LogP contribution < -0.4 is 0 Å². The molecular formula is C6H10O3. The topological polar surface area (TPSA) is 54.4 Å². The largest absolute Gasteiger partial charge is 0.481 e. The fourth-order valence-corrected chi connectivity index (χ4v) is 0.513. The number of carboxylic acids is 1. The highest BCUT2D eigenvalue weighted by Gasteiger charge is 2.08. The van der Waals surface area contributed by atoms with Gasteiger partial charge < -0.3 is 9.90 Å². The van der Waals surface area contributed by atoms with E-state index in [1.165, 1.54) is 0 Å². The number of aliphatic carboxylic acids is 1. The van der Waals surface area contributed by atoms with E-state index >= 15 is 0 Å². The maximum Gasteiger partial charge on any atom is 0.304 e. The van der Waals surface area contributed by atoms with Gasteiger partial charge in [-0.3, -0.25) is 4.79 Å². The van der Waals surface area contributed by atoms with Crippen LogP contribution in [0, 0.1) is 5.92 Å². The van der Waals surface area contributed by atoms with Crippen molar-refractivity contribution in [1.29, 1.82) is 0 Å². The summed E-state index contributed by atoms with van der Waals surface area (Å²) in [7, 11) is 0. The van der Waals surface area contributed by atoms with Crippen molar-refractivity contribution >= 4 is 12.3 Å². The van der Waals surface area contributed by atoms with Gasteiger partial charge in [0.05, 0.1) is 6.42 Å². The smallest absolute Gasteiger partial charge is 0.304 e. The first-order valence-electron chi connectivity index (χ1n) is 2.87. The van der Waals surface area contributed by atoms with E-state index in [1.807, 2.05) is 0 Å². The maximum absolute atomic E-state index is 10.0. The molecule has 1 N–H and O–H groups in total. The summed E-state index contributed by atoms with van der Waals surface area (Å²) in [6.07, 6.45) is 1.25. The molecule has 9 heavy (non-hydrogen) atoms. The summed E-state index contributed by atoms with van der Waals surface area (Å²) in [5.41, 5.74) is 0. The van der Waals surface area contributed by atoms with Crippen LogP contribution >= 0.6 is 0 Å². The average Bonchev–Trinajstić information content (AvgIpc) is 1.82. The summed E-state index contributed by atoms with van der Waals surface area (Å²) < 4.78 is 0. The van der Waals surface area contributed by atoms with Gasteiger partial charge in [-0.15, -0.1) is 0 Å². The molecule has 0 rings (SSSR count). The number of aldehydes is 1. The molecule has 3 heteroatoms. The molecule has 0 aliphatic rings. The number of carbonyl (C=O) groups excluding carboxylic acids is 1. The van der Waals surface area contributed by atoms with Gasteiger partial charge in [0.25, 0.3) is 0 Å².